The molecule has 0 N–H and O–H groups in total. The van der Waals surface area contributed by atoms with Crippen LogP contribution >= 0.6 is 0 Å². The number of benzene rings is 1. The summed E-state index contributed by atoms with van der Waals surface area (Å²) in [5.41, 5.74) is 0.673. The zero-order valence-electron chi connectivity index (χ0n) is 13.7. The lowest BCUT2D eigenvalue weighted by molar-refractivity contribution is 0.171. The highest BCUT2D eigenvalue weighted by Crippen LogP contribution is 2.23. The minimum absolute atomic E-state index is 0.133. The molecule has 25 heavy (non-hydrogen) atoms. The van der Waals surface area contributed by atoms with E-state index in [-0.39, 0.29) is 5.69 Å². The van der Waals surface area contributed by atoms with Crippen LogP contribution in [0.5, 0.6) is 0 Å². The van der Waals surface area contributed by atoms with E-state index < -0.39 is 11.6 Å². The molecule has 4 rings (SSSR count). The molecule has 1 aromatic carbocycles. The van der Waals surface area contributed by atoms with E-state index in [1.165, 1.54) is 22.9 Å². The van der Waals surface area contributed by atoms with E-state index in [0.717, 1.165) is 31.6 Å². The molecule has 0 bridgehead atoms. The maximum Gasteiger partial charge on any atom is 0.151 e. The molecule has 5 nitrogen and oxygen atoms in total. The summed E-state index contributed by atoms with van der Waals surface area (Å²) in [5, 5.41) is 8.66. The second-order valence-electron chi connectivity index (χ2n) is 6.32. The number of piperidine rings is 1. The summed E-state index contributed by atoms with van der Waals surface area (Å²) in [6, 6.07) is 8.02. The molecule has 3 heterocycles. The Morgan fingerprint density at radius 1 is 1.00 bits per heavy atom. The molecule has 0 amide bonds. The normalized spacial score (nSPS) is 16.4. The Kier molecular flexibility index (Phi) is 4.31. The standard InChI is InChI=1S/C18H19F2N5/c19-16-3-1-4-17(20)18(16)25-12-5-14(22-25)13-23-10-6-15(7-11-23)24-9-2-8-21-24/h1-5,8-9,12,15H,6-7,10-11,13H2. The topological polar surface area (TPSA) is 38.9 Å². The fourth-order valence-electron chi connectivity index (χ4n) is 3.35. The first-order valence-electron chi connectivity index (χ1n) is 8.41. The molecule has 1 saturated heterocycles. The number of hydrogen-bond acceptors (Lipinski definition) is 3. The Balaban J connectivity index is 1.41. The molecule has 1 aliphatic rings. The van der Waals surface area contributed by atoms with Crippen LogP contribution in [0.15, 0.2) is 48.9 Å². The van der Waals surface area contributed by atoms with Crippen LogP contribution in [0.3, 0.4) is 0 Å². The molecular weight excluding hydrogens is 324 g/mol. The van der Waals surface area contributed by atoms with Crippen molar-refractivity contribution >= 4 is 0 Å². The lowest BCUT2D eigenvalue weighted by Crippen LogP contribution is -2.34. The van der Waals surface area contributed by atoms with Gasteiger partial charge in [-0.05, 0) is 37.1 Å². The first-order chi connectivity index (χ1) is 12.2. The van der Waals surface area contributed by atoms with Crippen molar-refractivity contribution in [3.05, 3.63) is 66.3 Å². The molecule has 0 saturated carbocycles. The van der Waals surface area contributed by atoms with Gasteiger partial charge in [0, 0.05) is 38.2 Å². The van der Waals surface area contributed by atoms with Gasteiger partial charge in [0.25, 0.3) is 0 Å². The van der Waals surface area contributed by atoms with Crippen LogP contribution in [0, 0.1) is 11.6 Å². The second-order valence-corrected chi connectivity index (χ2v) is 6.32. The number of nitrogens with zero attached hydrogens (tertiary/aromatic N) is 5. The Morgan fingerprint density at radius 2 is 1.76 bits per heavy atom. The average molecular weight is 343 g/mol. The van der Waals surface area contributed by atoms with Gasteiger partial charge in [-0.2, -0.15) is 10.2 Å². The van der Waals surface area contributed by atoms with Gasteiger partial charge < -0.3 is 0 Å². The van der Waals surface area contributed by atoms with Gasteiger partial charge in [-0.15, -0.1) is 0 Å². The maximum atomic E-state index is 13.9. The van der Waals surface area contributed by atoms with Crippen LogP contribution in [0.25, 0.3) is 5.69 Å². The number of likely N-dealkylation sites (tertiary alicyclic amines) is 1. The van der Waals surface area contributed by atoms with Gasteiger partial charge >= 0.3 is 0 Å². The lowest BCUT2D eigenvalue weighted by Gasteiger charge is -2.31. The van der Waals surface area contributed by atoms with Crippen LogP contribution in [0.4, 0.5) is 8.78 Å². The van der Waals surface area contributed by atoms with Gasteiger partial charge in [-0.25, -0.2) is 13.5 Å². The van der Waals surface area contributed by atoms with Crippen LogP contribution in [-0.4, -0.2) is 37.6 Å². The van der Waals surface area contributed by atoms with Crippen molar-refractivity contribution < 1.29 is 8.78 Å². The van der Waals surface area contributed by atoms with E-state index in [0.29, 0.717) is 12.6 Å². The first-order valence-corrected chi connectivity index (χ1v) is 8.41. The Labute approximate surface area is 144 Å². The minimum atomic E-state index is -0.616. The third-order valence-electron chi connectivity index (χ3n) is 4.65. The third-order valence-corrected chi connectivity index (χ3v) is 4.65. The van der Waals surface area contributed by atoms with Gasteiger partial charge in [0.1, 0.15) is 5.69 Å². The molecule has 0 aliphatic carbocycles. The number of rotatable bonds is 4. The number of hydrogen-bond donors (Lipinski definition) is 0. The van der Waals surface area contributed by atoms with Crippen LogP contribution < -0.4 is 0 Å². The smallest absolute Gasteiger partial charge is 0.151 e. The molecule has 0 unspecified atom stereocenters. The fourth-order valence-corrected chi connectivity index (χ4v) is 3.35. The maximum absolute atomic E-state index is 13.9. The molecule has 3 aromatic rings. The highest BCUT2D eigenvalue weighted by Gasteiger charge is 2.21. The second kappa shape index (κ2) is 6.76. The highest BCUT2D eigenvalue weighted by atomic mass is 19.1. The lowest BCUT2D eigenvalue weighted by atomic mass is 10.1. The zero-order valence-corrected chi connectivity index (χ0v) is 13.7. The van der Waals surface area contributed by atoms with E-state index in [4.69, 9.17) is 0 Å². The van der Waals surface area contributed by atoms with Crippen LogP contribution in [-0.2, 0) is 6.54 Å². The average Bonchev–Trinajstić information content (AvgIpc) is 3.28. The van der Waals surface area contributed by atoms with Crippen molar-refractivity contribution in [1.29, 1.82) is 0 Å². The van der Waals surface area contributed by atoms with Gasteiger partial charge in [-0.3, -0.25) is 9.58 Å². The fraction of sp³-hybridized carbons (Fsp3) is 0.333. The predicted octanol–water partition coefficient (Wildman–Crippen LogP) is 3.18. The summed E-state index contributed by atoms with van der Waals surface area (Å²) in [6.45, 7) is 2.58. The summed E-state index contributed by atoms with van der Waals surface area (Å²) in [4.78, 5) is 2.31. The summed E-state index contributed by atoms with van der Waals surface area (Å²) in [5.74, 6) is -1.23. The molecule has 7 heteroatoms. The van der Waals surface area contributed by atoms with Crippen LogP contribution in [0.1, 0.15) is 24.6 Å². The van der Waals surface area contributed by atoms with E-state index in [2.05, 4.69) is 15.1 Å². The van der Waals surface area contributed by atoms with Gasteiger partial charge in [0.15, 0.2) is 11.6 Å². The van der Waals surface area contributed by atoms with E-state index >= 15 is 0 Å². The Hall–Kier alpha value is -2.54. The number of para-hydroxylation sites is 1. The molecular formula is C18H19F2N5. The van der Waals surface area contributed by atoms with Crippen molar-refractivity contribution in [2.24, 2.45) is 0 Å². The minimum Gasteiger partial charge on any atom is -0.297 e. The van der Waals surface area contributed by atoms with Gasteiger partial charge in [0.05, 0.1) is 11.7 Å². The monoisotopic (exact) mass is 343 g/mol. The summed E-state index contributed by atoms with van der Waals surface area (Å²) < 4.78 is 31.0. The van der Waals surface area contributed by atoms with Crippen molar-refractivity contribution in [1.82, 2.24) is 24.5 Å². The molecule has 1 fully saturated rings. The molecule has 2 aromatic heterocycles. The highest BCUT2D eigenvalue weighted by molar-refractivity contribution is 5.34. The number of aromatic nitrogens is 4. The molecule has 130 valence electrons. The molecule has 0 atom stereocenters. The summed E-state index contributed by atoms with van der Waals surface area (Å²) in [7, 11) is 0. The summed E-state index contributed by atoms with van der Waals surface area (Å²) >= 11 is 0. The SMILES string of the molecule is Fc1cccc(F)c1-n1ccc(CN2CCC(n3cccn3)CC2)n1. The van der Waals surface area contributed by atoms with E-state index in [1.807, 2.05) is 23.0 Å². The molecule has 0 radical (unpaired) electrons. The predicted molar refractivity (Wildman–Crippen MR) is 89.3 cm³/mol. The van der Waals surface area contributed by atoms with Gasteiger partial charge in [-0.1, -0.05) is 6.07 Å². The zero-order chi connectivity index (χ0) is 17.2. The first kappa shape index (κ1) is 16.0. The number of halogens is 2. The van der Waals surface area contributed by atoms with Crippen LogP contribution in [0.2, 0.25) is 0 Å². The van der Waals surface area contributed by atoms with E-state index in [1.54, 1.807) is 12.4 Å². The van der Waals surface area contributed by atoms with Crippen molar-refractivity contribution in [3.8, 4) is 5.69 Å². The van der Waals surface area contributed by atoms with E-state index in [9.17, 15) is 8.78 Å². The largest absolute Gasteiger partial charge is 0.297 e. The molecule has 1 aliphatic heterocycles. The van der Waals surface area contributed by atoms with Gasteiger partial charge in [0.2, 0.25) is 0 Å². The summed E-state index contributed by atoms with van der Waals surface area (Å²) in [6.07, 6.45) is 7.48. The third kappa shape index (κ3) is 3.32. The quantitative estimate of drug-likeness (QED) is 0.730. The van der Waals surface area contributed by atoms with Crippen molar-refractivity contribution in [3.63, 3.8) is 0 Å². The Morgan fingerprint density at radius 3 is 2.44 bits per heavy atom. The Bertz CT molecular complexity index is 815. The van der Waals surface area contributed by atoms with Crippen molar-refractivity contribution in [2.45, 2.75) is 25.4 Å². The van der Waals surface area contributed by atoms with Crippen molar-refractivity contribution in [2.75, 3.05) is 13.1 Å². The molecule has 0 spiro atoms.